The molecule has 3 N–H and O–H groups in total. The molecule has 0 aliphatic heterocycles. The molecule has 0 aromatic carbocycles. The van der Waals surface area contributed by atoms with E-state index in [4.69, 9.17) is 11.1 Å². The zero-order valence-electron chi connectivity index (χ0n) is 5.23. The second kappa shape index (κ2) is 2.96. The van der Waals surface area contributed by atoms with E-state index in [1.807, 2.05) is 0 Å². The van der Waals surface area contributed by atoms with Crippen molar-refractivity contribution in [2.45, 2.75) is 16.8 Å². The molecule has 0 amide bonds. The largest absolute Gasteiger partial charge is 0.329 e. The van der Waals surface area contributed by atoms with Crippen molar-refractivity contribution in [1.29, 1.82) is 5.41 Å². The van der Waals surface area contributed by atoms with Crippen LogP contribution in [0.4, 0.5) is 0 Å². The van der Waals surface area contributed by atoms with E-state index in [1.54, 1.807) is 0 Å². The molecule has 0 aromatic rings. The molecule has 0 spiro atoms. The summed E-state index contributed by atoms with van der Waals surface area (Å²) < 4.78 is 0.287. The summed E-state index contributed by atoms with van der Waals surface area (Å²) in [5, 5.41) is 7.52. The summed E-state index contributed by atoms with van der Waals surface area (Å²) in [6.07, 6.45) is 2.44. The summed E-state index contributed by atoms with van der Waals surface area (Å²) in [4.78, 5) is 0. The maximum Gasteiger partial charge on any atom is 0.0611 e. The van der Waals surface area contributed by atoms with Crippen molar-refractivity contribution in [2.24, 2.45) is 11.7 Å². The van der Waals surface area contributed by atoms with Crippen LogP contribution in [0.3, 0.4) is 0 Å². The van der Waals surface area contributed by atoms with Crippen molar-refractivity contribution >= 4 is 28.3 Å². The maximum atomic E-state index is 7.52. The van der Waals surface area contributed by atoms with Gasteiger partial charge in [-0.05, 0) is 18.8 Å². The van der Waals surface area contributed by atoms with Gasteiger partial charge < -0.3 is 11.1 Å². The summed E-state index contributed by atoms with van der Waals surface area (Å²) in [6.45, 7) is 0.621. The third kappa shape index (κ3) is 1.89. The molecule has 1 aliphatic carbocycles. The summed E-state index contributed by atoms with van der Waals surface area (Å²) in [6, 6.07) is 0. The number of nitrogens with one attached hydrogen (secondary N) is 1. The highest BCUT2D eigenvalue weighted by Crippen LogP contribution is 2.32. The van der Waals surface area contributed by atoms with Gasteiger partial charge in [-0.1, -0.05) is 22.6 Å². The fourth-order valence-electron chi connectivity index (χ4n) is 0.777. The zero-order chi connectivity index (χ0) is 6.85. The van der Waals surface area contributed by atoms with E-state index in [0.29, 0.717) is 12.5 Å². The molecule has 1 aliphatic rings. The van der Waals surface area contributed by atoms with Crippen LogP contribution in [-0.4, -0.2) is 16.2 Å². The Morgan fingerprint density at radius 1 is 1.78 bits per heavy atom. The van der Waals surface area contributed by atoms with E-state index in [9.17, 15) is 0 Å². The summed E-state index contributed by atoms with van der Waals surface area (Å²) >= 11 is 2.24. The molecule has 1 unspecified atom stereocenters. The first kappa shape index (κ1) is 7.47. The molecule has 0 aromatic heterocycles. The molecule has 2 nitrogen and oxygen atoms in total. The average Bonchev–Trinajstić information content (AvgIpc) is 2.66. The van der Waals surface area contributed by atoms with Crippen LogP contribution < -0.4 is 5.73 Å². The first-order valence-electron chi connectivity index (χ1n) is 3.18. The minimum atomic E-state index is 0.287. The van der Waals surface area contributed by atoms with Crippen LogP contribution in [0, 0.1) is 11.3 Å². The molecule has 0 radical (unpaired) electrons. The fourth-order valence-corrected chi connectivity index (χ4v) is 1.29. The van der Waals surface area contributed by atoms with Crippen molar-refractivity contribution in [1.82, 2.24) is 0 Å². The van der Waals surface area contributed by atoms with Crippen LogP contribution in [0.1, 0.15) is 12.8 Å². The van der Waals surface area contributed by atoms with Crippen molar-refractivity contribution < 1.29 is 0 Å². The van der Waals surface area contributed by atoms with Crippen LogP contribution >= 0.6 is 22.6 Å². The van der Waals surface area contributed by atoms with Crippen molar-refractivity contribution in [3.05, 3.63) is 0 Å². The standard InChI is InChI=1S/C6H11IN2/c7-5(3-8)6(9)4-1-2-4/h4-5,9H,1-3,8H2. The molecule has 0 saturated heterocycles. The number of rotatable bonds is 3. The Morgan fingerprint density at radius 3 is 2.67 bits per heavy atom. The highest BCUT2D eigenvalue weighted by molar-refractivity contribution is 14.1. The molecule has 1 fully saturated rings. The van der Waals surface area contributed by atoms with Crippen LogP contribution in [-0.2, 0) is 0 Å². The van der Waals surface area contributed by atoms with Gasteiger partial charge in [-0.3, -0.25) is 0 Å². The SMILES string of the molecule is N=C(C(I)CN)C1CC1. The Hall–Kier alpha value is 0.360. The summed E-state index contributed by atoms with van der Waals surface area (Å²) in [5.41, 5.74) is 6.25. The average molecular weight is 238 g/mol. The molecule has 0 heterocycles. The zero-order valence-corrected chi connectivity index (χ0v) is 7.39. The monoisotopic (exact) mass is 238 g/mol. The molecule has 1 rings (SSSR count). The lowest BCUT2D eigenvalue weighted by Gasteiger charge is -2.05. The predicted octanol–water partition coefficient (Wildman–Crippen LogP) is 1.18. The highest BCUT2D eigenvalue weighted by atomic mass is 127. The molecule has 3 heteroatoms. The second-order valence-electron chi connectivity index (χ2n) is 2.43. The third-order valence-corrected chi connectivity index (χ3v) is 2.74. The lowest BCUT2D eigenvalue weighted by molar-refractivity contribution is 1.01. The second-order valence-corrected chi connectivity index (χ2v) is 3.94. The van der Waals surface area contributed by atoms with Crippen molar-refractivity contribution in [3.63, 3.8) is 0 Å². The number of hydrogen-bond donors (Lipinski definition) is 2. The number of hydrogen-bond acceptors (Lipinski definition) is 2. The van der Waals surface area contributed by atoms with Crippen molar-refractivity contribution in [2.75, 3.05) is 6.54 Å². The maximum absolute atomic E-state index is 7.52. The van der Waals surface area contributed by atoms with Gasteiger partial charge >= 0.3 is 0 Å². The van der Waals surface area contributed by atoms with Crippen LogP contribution in [0.5, 0.6) is 0 Å². The predicted molar refractivity (Wildman–Crippen MR) is 47.3 cm³/mol. The smallest absolute Gasteiger partial charge is 0.0611 e. The number of alkyl halides is 1. The van der Waals surface area contributed by atoms with Gasteiger partial charge in [-0.25, -0.2) is 0 Å². The normalized spacial score (nSPS) is 21.6. The lowest BCUT2D eigenvalue weighted by Crippen LogP contribution is -2.23. The van der Waals surface area contributed by atoms with Gasteiger partial charge in [0.25, 0.3) is 0 Å². The molecular weight excluding hydrogens is 227 g/mol. The third-order valence-electron chi connectivity index (χ3n) is 1.56. The van der Waals surface area contributed by atoms with Gasteiger partial charge in [0.15, 0.2) is 0 Å². The Kier molecular flexibility index (Phi) is 2.46. The van der Waals surface area contributed by atoms with Crippen molar-refractivity contribution in [3.8, 4) is 0 Å². The molecular formula is C6H11IN2. The van der Waals surface area contributed by atoms with Crippen LogP contribution in [0.25, 0.3) is 0 Å². The Bertz CT molecular complexity index is 120. The van der Waals surface area contributed by atoms with E-state index in [0.717, 1.165) is 5.71 Å². The topological polar surface area (TPSA) is 49.9 Å². The summed E-state index contributed by atoms with van der Waals surface area (Å²) in [5.74, 6) is 0.593. The lowest BCUT2D eigenvalue weighted by atomic mass is 10.2. The van der Waals surface area contributed by atoms with E-state index in [-0.39, 0.29) is 3.92 Å². The summed E-state index contributed by atoms with van der Waals surface area (Å²) in [7, 11) is 0. The quantitative estimate of drug-likeness (QED) is 0.433. The molecule has 0 bridgehead atoms. The fraction of sp³-hybridized carbons (Fsp3) is 0.833. The first-order chi connectivity index (χ1) is 4.25. The number of nitrogens with two attached hydrogens (primary N) is 1. The Balaban J connectivity index is 2.31. The minimum Gasteiger partial charge on any atom is -0.329 e. The van der Waals surface area contributed by atoms with E-state index < -0.39 is 0 Å². The highest BCUT2D eigenvalue weighted by Gasteiger charge is 2.29. The van der Waals surface area contributed by atoms with Gasteiger partial charge in [-0.15, -0.1) is 0 Å². The van der Waals surface area contributed by atoms with Gasteiger partial charge in [0.1, 0.15) is 0 Å². The molecule has 1 atom stereocenters. The first-order valence-corrected chi connectivity index (χ1v) is 4.42. The minimum absolute atomic E-state index is 0.287. The van der Waals surface area contributed by atoms with E-state index in [2.05, 4.69) is 22.6 Å². The van der Waals surface area contributed by atoms with Gasteiger partial charge in [0.05, 0.1) is 3.92 Å². The van der Waals surface area contributed by atoms with Crippen LogP contribution in [0.2, 0.25) is 0 Å². The van der Waals surface area contributed by atoms with Gasteiger partial charge in [-0.2, -0.15) is 0 Å². The van der Waals surface area contributed by atoms with Gasteiger partial charge in [0.2, 0.25) is 0 Å². The molecule has 9 heavy (non-hydrogen) atoms. The van der Waals surface area contributed by atoms with Crippen LogP contribution in [0.15, 0.2) is 0 Å². The van der Waals surface area contributed by atoms with E-state index >= 15 is 0 Å². The Labute approximate surface area is 68.8 Å². The number of halogens is 1. The molecule has 1 saturated carbocycles. The molecule has 52 valence electrons. The van der Waals surface area contributed by atoms with E-state index in [1.165, 1.54) is 12.8 Å². The Morgan fingerprint density at radius 2 is 2.33 bits per heavy atom. The van der Waals surface area contributed by atoms with Gasteiger partial charge in [0, 0.05) is 12.3 Å².